The Morgan fingerprint density at radius 1 is 1.55 bits per heavy atom. The van der Waals surface area contributed by atoms with Crippen LogP contribution >= 0.6 is 15.9 Å². The molecule has 0 aliphatic rings. The second-order valence-corrected chi connectivity index (χ2v) is 5.03. The van der Waals surface area contributed by atoms with Gasteiger partial charge in [-0.05, 0) is 24.6 Å². The van der Waals surface area contributed by atoms with Gasteiger partial charge in [-0.2, -0.15) is 5.26 Å². The van der Waals surface area contributed by atoms with Gasteiger partial charge >= 0.3 is 0 Å². The highest BCUT2D eigenvalue weighted by molar-refractivity contribution is 9.10. The number of rotatable bonds is 4. The van der Waals surface area contributed by atoms with Gasteiger partial charge in [0.05, 0.1) is 11.3 Å². The lowest BCUT2D eigenvalue weighted by Gasteiger charge is -2.05. The largest absolute Gasteiger partial charge is 0.318 e. The van der Waals surface area contributed by atoms with Crippen molar-refractivity contribution in [2.45, 2.75) is 19.8 Å². The minimum atomic E-state index is -0.446. The number of nitrogens with one attached hydrogen (secondary N) is 2. The minimum Gasteiger partial charge on any atom is -0.318 e. The number of amides is 1. The summed E-state index contributed by atoms with van der Waals surface area (Å²) < 4.78 is 0.772. The molecule has 0 saturated heterocycles. The van der Waals surface area contributed by atoms with Gasteiger partial charge in [0.2, 0.25) is 5.82 Å². The molecule has 0 bridgehead atoms. The number of carbonyl (C=O) groups is 1. The van der Waals surface area contributed by atoms with Crippen LogP contribution in [0.25, 0.3) is 0 Å². The van der Waals surface area contributed by atoms with Crippen molar-refractivity contribution in [3.8, 4) is 6.07 Å². The Morgan fingerprint density at radius 3 is 3.05 bits per heavy atom. The van der Waals surface area contributed by atoms with E-state index in [1.54, 1.807) is 18.2 Å². The van der Waals surface area contributed by atoms with Crippen molar-refractivity contribution in [1.82, 2.24) is 15.2 Å². The molecule has 2 rings (SSSR count). The average Bonchev–Trinajstić information content (AvgIpc) is 2.88. The molecule has 0 unspecified atom stereocenters. The third kappa shape index (κ3) is 3.22. The Labute approximate surface area is 124 Å². The van der Waals surface area contributed by atoms with E-state index in [4.69, 9.17) is 5.26 Å². The van der Waals surface area contributed by atoms with Gasteiger partial charge in [0.1, 0.15) is 11.9 Å². The highest BCUT2D eigenvalue weighted by atomic mass is 79.9. The first-order chi connectivity index (χ1) is 9.63. The fourth-order valence-electron chi connectivity index (χ4n) is 1.64. The van der Waals surface area contributed by atoms with E-state index in [9.17, 15) is 4.79 Å². The molecule has 7 heteroatoms. The van der Waals surface area contributed by atoms with Gasteiger partial charge in [-0.15, -0.1) is 5.10 Å². The summed E-state index contributed by atoms with van der Waals surface area (Å²) in [5, 5.41) is 18.2. The highest BCUT2D eigenvalue weighted by Gasteiger charge is 2.14. The van der Waals surface area contributed by atoms with E-state index in [1.165, 1.54) is 0 Å². The van der Waals surface area contributed by atoms with E-state index in [0.717, 1.165) is 17.3 Å². The molecule has 0 spiro atoms. The summed E-state index contributed by atoms with van der Waals surface area (Å²) in [4.78, 5) is 16.1. The quantitative estimate of drug-likeness (QED) is 0.899. The van der Waals surface area contributed by atoms with Crippen LogP contribution in [0.2, 0.25) is 0 Å². The molecule has 0 atom stereocenters. The average molecular weight is 334 g/mol. The molecule has 0 fully saturated rings. The SMILES string of the molecule is CCCc1nc(C(=O)Nc2cc(Br)ccc2C#N)n[nH]1. The van der Waals surface area contributed by atoms with Crippen LogP contribution in [-0.2, 0) is 6.42 Å². The lowest BCUT2D eigenvalue weighted by atomic mass is 10.2. The number of anilines is 1. The predicted molar refractivity (Wildman–Crippen MR) is 77.2 cm³/mol. The number of aromatic nitrogens is 3. The third-order valence-corrected chi connectivity index (χ3v) is 3.07. The number of nitriles is 1. The van der Waals surface area contributed by atoms with Crippen LogP contribution in [0, 0.1) is 11.3 Å². The first-order valence-corrected chi connectivity index (χ1v) is 6.85. The normalized spacial score (nSPS) is 10.1. The third-order valence-electron chi connectivity index (χ3n) is 2.57. The summed E-state index contributed by atoms with van der Waals surface area (Å²) >= 11 is 3.30. The molecule has 0 aliphatic heterocycles. The molecular formula is C13H12BrN5O. The van der Waals surface area contributed by atoms with Crippen LogP contribution in [0.4, 0.5) is 5.69 Å². The first kappa shape index (κ1) is 14.2. The van der Waals surface area contributed by atoms with Crippen molar-refractivity contribution in [3.63, 3.8) is 0 Å². The number of aromatic amines is 1. The smallest absolute Gasteiger partial charge is 0.295 e. The Balaban J connectivity index is 2.19. The maximum absolute atomic E-state index is 12.0. The second kappa shape index (κ2) is 6.30. The number of H-pyrrole nitrogens is 1. The number of hydrogen-bond acceptors (Lipinski definition) is 4. The highest BCUT2D eigenvalue weighted by Crippen LogP contribution is 2.21. The molecular weight excluding hydrogens is 322 g/mol. The summed E-state index contributed by atoms with van der Waals surface area (Å²) in [6, 6.07) is 7.05. The van der Waals surface area contributed by atoms with Gasteiger partial charge in [0, 0.05) is 10.9 Å². The van der Waals surface area contributed by atoms with E-state index in [2.05, 4.69) is 36.4 Å². The second-order valence-electron chi connectivity index (χ2n) is 4.11. The zero-order valence-corrected chi connectivity index (χ0v) is 12.4. The molecule has 6 nitrogen and oxygen atoms in total. The summed E-state index contributed by atoms with van der Waals surface area (Å²) in [5.74, 6) is 0.294. The van der Waals surface area contributed by atoms with Gasteiger partial charge < -0.3 is 5.32 Å². The Hall–Kier alpha value is -2.20. The lowest BCUT2D eigenvalue weighted by molar-refractivity contribution is 0.101. The van der Waals surface area contributed by atoms with Gasteiger partial charge in [0.15, 0.2) is 0 Å². The standard InChI is InChI=1S/C13H12BrN5O/c1-2-3-11-17-12(19-18-11)13(20)16-10-6-9(14)5-4-8(10)7-15/h4-6H,2-3H2,1H3,(H,16,20)(H,17,18,19). The molecule has 102 valence electrons. The van der Waals surface area contributed by atoms with Crippen LogP contribution in [0.1, 0.15) is 35.4 Å². The van der Waals surface area contributed by atoms with Gasteiger partial charge in [-0.25, -0.2) is 4.98 Å². The molecule has 0 radical (unpaired) electrons. The molecule has 1 amide bonds. The summed E-state index contributed by atoms with van der Waals surface area (Å²) in [5.41, 5.74) is 0.805. The van der Waals surface area contributed by atoms with E-state index >= 15 is 0 Å². The van der Waals surface area contributed by atoms with E-state index in [-0.39, 0.29) is 5.82 Å². The monoisotopic (exact) mass is 333 g/mol. The molecule has 1 aromatic carbocycles. The lowest BCUT2D eigenvalue weighted by Crippen LogP contribution is -2.14. The van der Waals surface area contributed by atoms with Crippen LogP contribution in [0.5, 0.6) is 0 Å². The maximum Gasteiger partial charge on any atom is 0.295 e. The zero-order chi connectivity index (χ0) is 14.5. The Morgan fingerprint density at radius 2 is 2.35 bits per heavy atom. The van der Waals surface area contributed by atoms with E-state index < -0.39 is 5.91 Å². The van der Waals surface area contributed by atoms with Crippen molar-refractivity contribution in [1.29, 1.82) is 5.26 Å². The van der Waals surface area contributed by atoms with Crippen LogP contribution in [0.3, 0.4) is 0 Å². The summed E-state index contributed by atoms with van der Waals surface area (Å²) in [7, 11) is 0. The van der Waals surface area contributed by atoms with Crippen LogP contribution in [0.15, 0.2) is 22.7 Å². The molecule has 1 heterocycles. The molecule has 2 aromatic rings. The summed E-state index contributed by atoms with van der Waals surface area (Å²) in [6.07, 6.45) is 1.65. The number of hydrogen-bond donors (Lipinski definition) is 2. The Kier molecular flexibility index (Phi) is 4.48. The number of carbonyl (C=O) groups excluding carboxylic acids is 1. The van der Waals surface area contributed by atoms with Gasteiger partial charge in [-0.1, -0.05) is 22.9 Å². The van der Waals surface area contributed by atoms with Crippen molar-refractivity contribution < 1.29 is 4.79 Å². The van der Waals surface area contributed by atoms with Crippen LogP contribution < -0.4 is 5.32 Å². The molecule has 0 saturated carbocycles. The van der Waals surface area contributed by atoms with Crippen molar-refractivity contribution in [2.75, 3.05) is 5.32 Å². The Bertz CT molecular complexity index is 674. The van der Waals surface area contributed by atoms with Gasteiger partial charge in [0.25, 0.3) is 5.91 Å². The topological polar surface area (TPSA) is 94.5 Å². The number of halogens is 1. The van der Waals surface area contributed by atoms with E-state index in [0.29, 0.717) is 17.1 Å². The fraction of sp³-hybridized carbons (Fsp3) is 0.231. The van der Waals surface area contributed by atoms with E-state index in [1.807, 2.05) is 13.0 Å². The maximum atomic E-state index is 12.0. The predicted octanol–water partition coefficient (Wildman–Crippen LogP) is 2.64. The molecule has 1 aromatic heterocycles. The fourth-order valence-corrected chi connectivity index (χ4v) is 2.00. The van der Waals surface area contributed by atoms with Crippen LogP contribution in [-0.4, -0.2) is 21.1 Å². The van der Waals surface area contributed by atoms with Crippen molar-refractivity contribution in [2.24, 2.45) is 0 Å². The number of nitrogens with zero attached hydrogens (tertiary/aromatic N) is 3. The first-order valence-electron chi connectivity index (χ1n) is 6.06. The minimum absolute atomic E-state index is 0.0670. The summed E-state index contributed by atoms with van der Waals surface area (Å²) in [6.45, 7) is 2.02. The molecule has 0 aliphatic carbocycles. The number of aryl methyl sites for hydroxylation is 1. The van der Waals surface area contributed by atoms with Gasteiger partial charge in [-0.3, -0.25) is 9.89 Å². The van der Waals surface area contributed by atoms with Crippen molar-refractivity contribution >= 4 is 27.5 Å². The van der Waals surface area contributed by atoms with Crippen molar-refractivity contribution in [3.05, 3.63) is 39.9 Å². The zero-order valence-electron chi connectivity index (χ0n) is 10.8. The number of benzene rings is 1. The molecule has 2 N–H and O–H groups in total. The molecule has 20 heavy (non-hydrogen) atoms.